The zero-order valence-corrected chi connectivity index (χ0v) is 16.2. The van der Waals surface area contributed by atoms with Gasteiger partial charge in [-0.2, -0.15) is 0 Å². The zero-order chi connectivity index (χ0) is 19.6. The number of hydrogen-bond acceptors (Lipinski definition) is 2. The summed E-state index contributed by atoms with van der Waals surface area (Å²) in [6.07, 6.45) is 6.05. The molecule has 2 aromatic rings. The van der Waals surface area contributed by atoms with Crippen LogP contribution in [0.4, 0.5) is 4.79 Å². The molecule has 0 spiro atoms. The Morgan fingerprint density at radius 2 is 1.46 bits per heavy atom. The Hall–Kier alpha value is -2.82. The van der Waals surface area contributed by atoms with Crippen molar-refractivity contribution in [2.45, 2.75) is 57.2 Å². The van der Waals surface area contributed by atoms with Gasteiger partial charge in [0.1, 0.15) is 6.04 Å². The number of rotatable bonds is 7. The topological polar surface area (TPSA) is 70.2 Å². The maximum Gasteiger partial charge on any atom is 0.315 e. The second-order valence-electron chi connectivity index (χ2n) is 7.40. The van der Waals surface area contributed by atoms with E-state index in [1.165, 1.54) is 6.42 Å². The van der Waals surface area contributed by atoms with Gasteiger partial charge in [-0.1, -0.05) is 79.9 Å². The van der Waals surface area contributed by atoms with Crippen molar-refractivity contribution in [1.29, 1.82) is 0 Å². The van der Waals surface area contributed by atoms with Crippen molar-refractivity contribution in [3.05, 3.63) is 71.8 Å². The molecule has 1 aliphatic rings. The van der Waals surface area contributed by atoms with Crippen LogP contribution < -0.4 is 16.0 Å². The molecule has 0 aromatic heterocycles. The maximum absolute atomic E-state index is 12.9. The van der Waals surface area contributed by atoms with Gasteiger partial charge in [-0.3, -0.25) is 4.79 Å². The molecule has 1 aliphatic carbocycles. The van der Waals surface area contributed by atoms with Crippen molar-refractivity contribution in [3.63, 3.8) is 0 Å². The Labute approximate surface area is 166 Å². The minimum atomic E-state index is -0.597. The summed E-state index contributed by atoms with van der Waals surface area (Å²) in [5.74, 6) is -0.106. The van der Waals surface area contributed by atoms with Crippen molar-refractivity contribution in [1.82, 2.24) is 16.0 Å². The van der Waals surface area contributed by atoms with Gasteiger partial charge in [-0.05, 0) is 24.0 Å². The van der Waals surface area contributed by atoms with Gasteiger partial charge in [0, 0.05) is 19.0 Å². The highest BCUT2D eigenvalue weighted by Crippen LogP contribution is 2.17. The van der Waals surface area contributed by atoms with Gasteiger partial charge in [0.25, 0.3) is 0 Å². The van der Waals surface area contributed by atoms with Gasteiger partial charge in [0.15, 0.2) is 0 Å². The smallest absolute Gasteiger partial charge is 0.315 e. The molecular formula is C23H29N3O2. The quantitative estimate of drug-likeness (QED) is 0.689. The van der Waals surface area contributed by atoms with Crippen LogP contribution in [-0.2, 0) is 17.8 Å². The number of benzene rings is 2. The monoisotopic (exact) mass is 379 g/mol. The summed E-state index contributed by atoms with van der Waals surface area (Å²) in [5.41, 5.74) is 2.04. The molecule has 1 fully saturated rings. The molecule has 1 unspecified atom stereocenters. The minimum absolute atomic E-state index is 0.106. The van der Waals surface area contributed by atoms with E-state index >= 15 is 0 Å². The lowest BCUT2D eigenvalue weighted by Gasteiger charge is -2.26. The molecular weight excluding hydrogens is 350 g/mol. The standard InChI is InChI=1S/C23H29N3O2/c27-22(25-20-14-8-3-9-15-20)21(16-18-10-4-1-5-11-18)26-23(28)24-17-19-12-6-2-7-13-19/h1-2,4-7,10-13,20-21H,3,8-9,14-17H2,(H,25,27)(H2,24,26,28). The van der Waals surface area contributed by atoms with Crippen molar-refractivity contribution in [2.24, 2.45) is 0 Å². The van der Waals surface area contributed by atoms with Crippen LogP contribution in [-0.4, -0.2) is 24.0 Å². The van der Waals surface area contributed by atoms with Crippen molar-refractivity contribution in [3.8, 4) is 0 Å². The fraction of sp³-hybridized carbons (Fsp3) is 0.391. The second-order valence-corrected chi connectivity index (χ2v) is 7.40. The van der Waals surface area contributed by atoms with Crippen molar-refractivity contribution < 1.29 is 9.59 Å². The summed E-state index contributed by atoms with van der Waals surface area (Å²) in [7, 11) is 0. The lowest BCUT2D eigenvalue weighted by Crippen LogP contribution is -2.53. The first-order valence-electron chi connectivity index (χ1n) is 10.1. The number of urea groups is 1. The first-order chi connectivity index (χ1) is 13.7. The Morgan fingerprint density at radius 3 is 2.11 bits per heavy atom. The van der Waals surface area contributed by atoms with E-state index in [1.807, 2.05) is 60.7 Å². The number of carbonyl (C=O) groups is 2. The molecule has 5 heteroatoms. The van der Waals surface area contributed by atoms with Gasteiger partial charge in [-0.25, -0.2) is 4.79 Å². The fourth-order valence-electron chi connectivity index (χ4n) is 3.60. The summed E-state index contributed by atoms with van der Waals surface area (Å²) in [5, 5.41) is 8.84. The normalized spacial score (nSPS) is 15.4. The number of nitrogens with one attached hydrogen (secondary N) is 3. The van der Waals surface area contributed by atoms with Crippen LogP contribution in [0.15, 0.2) is 60.7 Å². The highest BCUT2D eigenvalue weighted by Gasteiger charge is 2.24. The Kier molecular flexibility index (Phi) is 7.47. The third-order valence-electron chi connectivity index (χ3n) is 5.15. The molecule has 1 atom stereocenters. The zero-order valence-electron chi connectivity index (χ0n) is 16.2. The van der Waals surface area contributed by atoms with E-state index in [-0.39, 0.29) is 18.0 Å². The average Bonchev–Trinajstić information content (AvgIpc) is 2.74. The summed E-state index contributed by atoms with van der Waals surface area (Å²) < 4.78 is 0. The van der Waals surface area contributed by atoms with E-state index in [0.717, 1.165) is 36.8 Å². The van der Waals surface area contributed by atoms with Crippen molar-refractivity contribution in [2.75, 3.05) is 0 Å². The minimum Gasteiger partial charge on any atom is -0.352 e. The van der Waals surface area contributed by atoms with E-state index in [0.29, 0.717) is 13.0 Å². The first kappa shape index (κ1) is 19.9. The molecule has 1 saturated carbocycles. The highest BCUT2D eigenvalue weighted by atomic mass is 16.2. The SMILES string of the molecule is O=C(NCc1ccccc1)NC(Cc1ccccc1)C(=O)NC1CCCCC1. The van der Waals surface area contributed by atoms with Crippen LogP contribution in [0.25, 0.3) is 0 Å². The molecule has 28 heavy (non-hydrogen) atoms. The van der Waals surface area contributed by atoms with Crippen LogP contribution in [0.5, 0.6) is 0 Å². The van der Waals surface area contributed by atoms with E-state index in [2.05, 4.69) is 16.0 Å². The van der Waals surface area contributed by atoms with Gasteiger partial charge < -0.3 is 16.0 Å². The van der Waals surface area contributed by atoms with Gasteiger partial charge in [0.2, 0.25) is 5.91 Å². The third kappa shape index (κ3) is 6.41. The molecule has 0 heterocycles. The van der Waals surface area contributed by atoms with Gasteiger partial charge >= 0.3 is 6.03 Å². The molecule has 3 rings (SSSR count). The Morgan fingerprint density at radius 1 is 0.857 bits per heavy atom. The predicted molar refractivity (Wildman–Crippen MR) is 111 cm³/mol. The molecule has 2 aromatic carbocycles. The lowest BCUT2D eigenvalue weighted by molar-refractivity contribution is -0.123. The molecule has 0 saturated heterocycles. The van der Waals surface area contributed by atoms with E-state index in [4.69, 9.17) is 0 Å². The highest BCUT2D eigenvalue weighted by molar-refractivity contribution is 5.87. The molecule has 0 bridgehead atoms. The Balaban J connectivity index is 1.59. The molecule has 0 radical (unpaired) electrons. The third-order valence-corrected chi connectivity index (χ3v) is 5.15. The van der Waals surface area contributed by atoms with E-state index in [9.17, 15) is 9.59 Å². The van der Waals surface area contributed by atoms with Crippen LogP contribution in [0, 0.1) is 0 Å². The van der Waals surface area contributed by atoms with Gasteiger partial charge in [-0.15, -0.1) is 0 Å². The fourth-order valence-corrected chi connectivity index (χ4v) is 3.60. The van der Waals surface area contributed by atoms with Crippen molar-refractivity contribution >= 4 is 11.9 Å². The van der Waals surface area contributed by atoms with E-state index < -0.39 is 6.04 Å². The largest absolute Gasteiger partial charge is 0.352 e. The summed E-state index contributed by atoms with van der Waals surface area (Å²) in [4.78, 5) is 25.3. The maximum atomic E-state index is 12.9. The number of amides is 3. The predicted octanol–water partition coefficient (Wildman–Crippen LogP) is 3.55. The van der Waals surface area contributed by atoms with Crippen LogP contribution in [0.1, 0.15) is 43.2 Å². The van der Waals surface area contributed by atoms with Crippen LogP contribution in [0.3, 0.4) is 0 Å². The molecule has 3 amide bonds. The number of carbonyl (C=O) groups excluding carboxylic acids is 2. The average molecular weight is 380 g/mol. The summed E-state index contributed by atoms with van der Waals surface area (Å²) >= 11 is 0. The summed E-state index contributed by atoms with van der Waals surface area (Å²) in [6, 6.07) is 18.8. The second kappa shape index (κ2) is 10.5. The van der Waals surface area contributed by atoms with Crippen LogP contribution >= 0.6 is 0 Å². The van der Waals surface area contributed by atoms with Gasteiger partial charge in [0.05, 0.1) is 0 Å². The molecule has 5 nitrogen and oxygen atoms in total. The first-order valence-corrected chi connectivity index (χ1v) is 10.1. The number of hydrogen-bond donors (Lipinski definition) is 3. The molecule has 3 N–H and O–H groups in total. The molecule has 0 aliphatic heterocycles. The summed E-state index contributed by atoms with van der Waals surface area (Å²) in [6.45, 7) is 0.426. The van der Waals surface area contributed by atoms with E-state index in [1.54, 1.807) is 0 Å². The lowest BCUT2D eigenvalue weighted by atomic mass is 9.95. The van der Waals surface area contributed by atoms with Crippen LogP contribution in [0.2, 0.25) is 0 Å². The Bertz CT molecular complexity index is 743. The molecule has 148 valence electrons.